The van der Waals surface area contributed by atoms with Gasteiger partial charge in [-0.2, -0.15) is 0 Å². The minimum absolute atomic E-state index is 0.00274. The van der Waals surface area contributed by atoms with Crippen LogP contribution in [0.1, 0.15) is 101 Å². The SMILES string of the molecule is CC(=O)O[C@@H]1C(=O)C2=C([C@@H](O)C[C@@]3(C)C(C)(C)C(=O)CC[C@]23C)[C@]2(C)C(=O)C[C@H]([C@H](C)CC(=O)CC(C)C(=O)O)[C@@]12C. The van der Waals surface area contributed by atoms with Gasteiger partial charge in [0.25, 0.3) is 0 Å². The van der Waals surface area contributed by atoms with Crippen molar-refractivity contribution in [1.29, 1.82) is 0 Å². The zero-order valence-electron chi connectivity index (χ0n) is 26.4. The van der Waals surface area contributed by atoms with Crippen molar-refractivity contribution in [3.8, 4) is 0 Å². The van der Waals surface area contributed by atoms with E-state index in [0.29, 0.717) is 17.6 Å². The molecule has 0 aromatic carbocycles. The minimum Gasteiger partial charge on any atom is -0.481 e. The first-order valence-electron chi connectivity index (χ1n) is 15.1. The second-order valence-corrected chi connectivity index (χ2v) is 14.9. The zero-order chi connectivity index (χ0) is 32.0. The van der Waals surface area contributed by atoms with Gasteiger partial charge in [-0.25, -0.2) is 0 Å². The molecule has 0 radical (unpaired) electrons. The number of esters is 1. The fourth-order valence-corrected chi connectivity index (χ4v) is 9.51. The van der Waals surface area contributed by atoms with Gasteiger partial charge in [0.2, 0.25) is 5.78 Å². The second-order valence-electron chi connectivity index (χ2n) is 14.9. The molecule has 0 aromatic heterocycles. The van der Waals surface area contributed by atoms with Crippen LogP contribution >= 0.6 is 0 Å². The van der Waals surface area contributed by atoms with Gasteiger partial charge in [0, 0.05) is 54.4 Å². The maximum absolute atomic E-state index is 14.8. The molecular weight excluding hydrogens is 540 g/mol. The first-order chi connectivity index (χ1) is 19.1. The molecule has 9 heteroatoms. The molecule has 1 unspecified atom stereocenters. The fraction of sp³-hybridized carbons (Fsp3) is 0.758. The fourth-order valence-electron chi connectivity index (χ4n) is 9.51. The Morgan fingerprint density at radius 3 is 2.12 bits per heavy atom. The zero-order valence-corrected chi connectivity index (χ0v) is 26.4. The van der Waals surface area contributed by atoms with Gasteiger partial charge in [0.1, 0.15) is 17.3 Å². The van der Waals surface area contributed by atoms with Crippen molar-refractivity contribution in [3.05, 3.63) is 11.1 Å². The summed E-state index contributed by atoms with van der Waals surface area (Å²) in [4.78, 5) is 78.9. The lowest BCUT2D eigenvalue weighted by Gasteiger charge is -2.66. The van der Waals surface area contributed by atoms with Crippen molar-refractivity contribution in [1.82, 2.24) is 0 Å². The summed E-state index contributed by atoms with van der Waals surface area (Å²) in [6.45, 7) is 15.6. The number of aliphatic hydroxyl groups is 1. The van der Waals surface area contributed by atoms with Crippen LogP contribution in [0.15, 0.2) is 11.1 Å². The summed E-state index contributed by atoms with van der Waals surface area (Å²) in [6, 6.07) is 0. The number of ether oxygens (including phenoxy) is 1. The Labute approximate surface area is 247 Å². The monoisotopic (exact) mass is 586 g/mol. The maximum atomic E-state index is 14.8. The van der Waals surface area contributed by atoms with E-state index in [1.54, 1.807) is 13.8 Å². The number of ketones is 4. The molecule has 2 N–H and O–H groups in total. The summed E-state index contributed by atoms with van der Waals surface area (Å²) in [5.74, 6) is -4.44. The van der Waals surface area contributed by atoms with E-state index in [1.807, 2.05) is 34.6 Å². The number of hydrogen-bond donors (Lipinski definition) is 2. The van der Waals surface area contributed by atoms with Gasteiger partial charge in [-0.05, 0) is 42.6 Å². The number of aliphatic hydroxyl groups excluding tert-OH is 1. The van der Waals surface area contributed by atoms with E-state index in [0.717, 1.165) is 0 Å². The average molecular weight is 587 g/mol. The molecule has 0 heterocycles. The number of fused-ring (bicyclic) bond motifs is 4. The number of hydrogen-bond acceptors (Lipinski definition) is 8. The Morgan fingerprint density at radius 2 is 1.57 bits per heavy atom. The van der Waals surface area contributed by atoms with Crippen LogP contribution in [0.3, 0.4) is 0 Å². The Balaban J connectivity index is 1.91. The smallest absolute Gasteiger partial charge is 0.306 e. The first-order valence-corrected chi connectivity index (χ1v) is 15.1. The normalized spacial score (nSPS) is 40.5. The highest BCUT2D eigenvalue weighted by molar-refractivity contribution is 6.09. The van der Waals surface area contributed by atoms with Crippen LogP contribution in [0.5, 0.6) is 0 Å². The van der Waals surface area contributed by atoms with Crippen LogP contribution in [0.4, 0.5) is 0 Å². The predicted octanol–water partition coefficient (Wildman–Crippen LogP) is 4.27. The Kier molecular flexibility index (Phi) is 7.62. The largest absolute Gasteiger partial charge is 0.481 e. The van der Waals surface area contributed by atoms with E-state index in [9.17, 15) is 39.0 Å². The lowest BCUT2D eigenvalue weighted by Crippen LogP contribution is -2.68. The molecule has 9 nitrogen and oxygen atoms in total. The summed E-state index contributed by atoms with van der Waals surface area (Å²) in [6.07, 6.45) is -1.84. The van der Waals surface area contributed by atoms with Gasteiger partial charge < -0.3 is 14.9 Å². The number of carboxylic acids is 1. The number of carboxylic acid groups (broad SMARTS) is 1. The van der Waals surface area contributed by atoms with Crippen LogP contribution in [0.2, 0.25) is 0 Å². The molecule has 0 bridgehead atoms. The van der Waals surface area contributed by atoms with Crippen molar-refractivity contribution in [3.63, 3.8) is 0 Å². The van der Waals surface area contributed by atoms with Crippen molar-refractivity contribution in [2.75, 3.05) is 0 Å². The molecule has 0 amide bonds. The Bertz CT molecular complexity index is 1310. The van der Waals surface area contributed by atoms with Crippen molar-refractivity contribution >= 4 is 35.1 Å². The Hall–Kier alpha value is -2.68. The summed E-state index contributed by atoms with van der Waals surface area (Å²) < 4.78 is 5.84. The molecule has 232 valence electrons. The van der Waals surface area contributed by atoms with Gasteiger partial charge in [-0.15, -0.1) is 0 Å². The van der Waals surface area contributed by atoms with Crippen LogP contribution < -0.4 is 0 Å². The lowest BCUT2D eigenvalue weighted by molar-refractivity contribution is -0.182. The highest BCUT2D eigenvalue weighted by Crippen LogP contribution is 2.73. The third-order valence-electron chi connectivity index (χ3n) is 12.8. The third kappa shape index (κ3) is 3.97. The molecule has 2 saturated carbocycles. The molecule has 4 rings (SSSR count). The highest BCUT2D eigenvalue weighted by Gasteiger charge is 2.76. The van der Waals surface area contributed by atoms with Crippen molar-refractivity contribution in [2.45, 2.75) is 113 Å². The highest BCUT2D eigenvalue weighted by atomic mass is 16.5. The summed E-state index contributed by atoms with van der Waals surface area (Å²) in [5, 5.41) is 21.2. The van der Waals surface area contributed by atoms with E-state index in [4.69, 9.17) is 4.74 Å². The molecular formula is C33H46O9. The summed E-state index contributed by atoms with van der Waals surface area (Å²) in [5.41, 5.74) is -4.50. The van der Waals surface area contributed by atoms with E-state index in [1.165, 1.54) is 13.8 Å². The summed E-state index contributed by atoms with van der Waals surface area (Å²) >= 11 is 0. The second kappa shape index (κ2) is 9.93. The molecule has 0 saturated heterocycles. The molecule has 4 aliphatic carbocycles. The van der Waals surface area contributed by atoms with Gasteiger partial charge in [-0.3, -0.25) is 28.8 Å². The van der Waals surface area contributed by atoms with Crippen molar-refractivity contribution < 1.29 is 43.7 Å². The molecule has 0 aliphatic heterocycles. The van der Waals surface area contributed by atoms with Crippen molar-refractivity contribution in [2.24, 2.45) is 44.8 Å². The van der Waals surface area contributed by atoms with E-state index >= 15 is 0 Å². The summed E-state index contributed by atoms with van der Waals surface area (Å²) in [7, 11) is 0. The van der Waals surface area contributed by atoms with Crippen LogP contribution in [0, 0.1) is 44.8 Å². The molecule has 2 fully saturated rings. The lowest BCUT2D eigenvalue weighted by atomic mass is 9.37. The van der Waals surface area contributed by atoms with E-state index < -0.39 is 74.8 Å². The van der Waals surface area contributed by atoms with Gasteiger partial charge in [-0.1, -0.05) is 48.5 Å². The quantitative estimate of drug-likeness (QED) is 0.417. The molecule has 0 aromatic rings. The van der Waals surface area contributed by atoms with E-state index in [2.05, 4.69) is 0 Å². The molecule has 0 spiro atoms. The molecule has 4 aliphatic rings. The number of aliphatic carboxylic acids is 1. The van der Waals surface area contributed by atoms with E-state index in [-0.39, 0.29) is 49.5 Å². The van der Waals surface area contributed by atoms with Crippen LogP contribution in [-0.4, -0.2) is 57.5 Å². The number of carbonyl (C=O) groups excluding carboxylic acids is 5. The topological polar surface area (TPSA) is 152 Å². The number of carbonyl (C=O) groups is 6. The predicted molar refractivity (Wildman–Crippen MR) is 152 cm³/mol. The standard InChI is InChI=1S/C33H46O9/c1-16(12-19(35)13-17(2)28(40)41)20-14-23(38)33(9)24-21(36)15-31(7)29(4,5)22(37)10-11-30(31,6)25(24)26(39)27(32(20,33)8)42-18(3)34/h16-17,20-21,27,36H,10-15H2,1-9H3,(H,40,41)/t16-,17?,20-,21+,27-,30-,31+,32+,33+/m1/s1. The number of rotatable bonds is 7. The van der Waals surface area contributed by atoms with Crippen LogP contribution in [0.25, 0.3) is 0 Å². The van der Waals surface area contributed by atoms with Crippen LogP contribution in [-0.2, 0) is 33.5 Å². The third-order valence-corrected chi connectivity index (χ3v) is 12.8. The minimum atomic E-state index is -1.37. The molecule has 42 heavy (non-hydrogen) atoms. The van der Waals surface area contributed by atoms with Gasteiger partial charge in [0.15, 0.2) is 6.10 Å². The maximum Gasteiger partial charge on any atom is 0.306 e. The first kappa shape index (κ1) is 32.2. The van der Waals surface area contributed by atoms with Gasteiger partial charge in [0.05, 0.1) is 17.4 Å². The number of Topliss-reactive ketones (excluding diaryl/α,β-unsaturated/α-hetero) is 4. The molecule has 9 atom stereocenters. The Morgan fingerprint density at radius 1 is 0.976 bits per heavy atom. The van der Waals surface area contributed by atoms with Gasteiger partial charge >= 0.3 is 11.9 Å². The average Bonchev–Trinajstić information content (AvgIpc) is 3.08.